The number of fused-ring (bicyclic) bond motifs is 1. The standard InChI is InChI=1S/C20H20N4O4/c1-13(2)24-16-8-4-3-7-15(16)19(20(24)27)23-22-18(26)12-21-17(25)10-9-14-6-5-11-28-14/h3-11,13,27H,12H2,1-2H3,(H,21,25). The number of para-hydroxylation sites is 1. The molecule has 2 N–H and O–H groups in total. The molecule has 0 aliphatic carbocycles. The van der Waals surface area contributed by atoms with Crippen LogP contribution in [0.3, 0.4) is 0 Å². The lowest BCUT2D eigenvalue weighted by Gasteiger charge is -2.10. The highest BCUT2D eigenvalue weighted by atomic mass is 16.3. The summed E-state index contributed by atoms with van der Waals surface area (Å²) in [6.07, 6.45) is 4.23. The van der Waals surface area contributed by atoms with Crippen molar-refractivity contribution in [2.24, 2.45) is 10.2 Å². The topological polar surface area (TPSA) is 109 Å². The van der Waals surface area contributed by atoms with Gasteiger partial charge in [0.05, 0.1) is 11.8 Å². The SMILES string of the molecule is CC(C)n1c(O)c(N=NC(=O)CNC(=O)C=Cc2ccco2)c2ccccc21. The van der Waals surface area contributed by atoms with Crippen LogP contribution in [0.2, 0.25) is 0 Å². The number of benzene rings is 1. The highest BCUT2D eigenvalue weighted by molar-refractivity contribution is 5.96. The Balaban J connectivity index is 1.67. The molecule has 0 spiro atoms. The first kappa shape index (κ1) is 19.1. The predicted octanol–water partition coefficient (Wildman–Crippen LogP) is 3.96. The van der Waals surface area contributed by atoms with Gasteiger partial charge in [0.15, 0.2) is 5.69 Å². The van der Waals surface area contributed by atoms with Crippen molar-refractivity contribution in [2.45, 2.75) is 19.9 Å². The molecule has 0 unspecified atom stereocenters. The summed E-state index contributed by atoms with van der Waals surface area (Å²) in [6.45, 7) is 3.56. The van der Waals surface area contributed by atoms with Gasteiger partial charge in [-0.1, -0.05) is 18.2 Å². The number of carbonyl (C=O) groups excluding carboxylic acids is 2. The number of aromatic hydroxyl groups is 1. The van der Waals surface area contributed by atoms with Gasteiger partial charge in [0.1, 0.15) is 12.3 Å². The van der Waals surface area contributed by atoms with Crippen molar-refractivity contribution in [3.63, 3.8) is 0 Å². The van der Waals surface area contributed by atoms with Crippen LogP contribution in [0.25, 0.3) is 17.0 Å². The van der Waals surface area contributed by atoms with Crippen molar-refractivity contribution >= 4 is 34.5 Å². The number of rotatable bonds is 6. The van der Waals surface area contributed by atoms with E-state index in [1.165, 1.54) is 18.4 Å². The maximum absolute atomic E-state index is 11.9. The predicted molar refractivity (Wildman–Crippen MR) is 104 cm³/mol. The number of hydrogen-bond donors (Lipinski definition) is 2. The lowest BCUT2D eigenvalue weighted by molar-refractivity contribution is -0.122. The molecule has 0 saturated heterocycles. The zero-order valence-corrected chi connectivity index (χ0v) is 15.5. The van der Waals surface area contributed by atoms with Crippen LogP contribution in [-0.4, -0.2) is 28.0 Å². The van der Waals surface area contributed by atoms with Gasteiger partial charge in [0.2, 0.25) is 11.8 Å². The molecule has 0 saturated carbocycles. The molecular formula is C20H20N4O4. The summed E-state index contributed by atoms with van der Waals surface area (Å²) >= 11 is 0. The van der Waals surface area contributed by atoms with Crippen molar-refractivity contribution in [1.82, 2.24) is 9.88 Å². The largest absolute Gasteiger partial charge is 0.493 e. The average Bonchev–Trinajstić information content (AvgIpc) is 3.28. The fraction of sp³-hybridized carbons (Fsp3) is 0.200. The Morgan fingerprint density at radius 1 is 1.25 bits per heavy atom. The van der Waals surface area contributed by atoms with Crippen LogP contribution in [0.15, 0.2) is 63.4 Å². The first-order chi connectivity index (χ1) is 13.5. The normalized spacial score (nSPS) is 11.8. The first-order valence-electron chi connectivity index (χ1n) is 8.73. The maximum atomic E-state index is 11.9. The lowest BCUT2D eigenvalue weighted by atomic mass is 10.2. The van der Waals surface area contributed by atoms with Crippen molar-refractivity contribution in [3.05, 3.63) is 54.5 Å². The molecule has 0 radical (unpaired) electrons. The van der Waals surface area contributed by atoms with Gasteiger partial charge in [-0.05, 0) is 38.1 Å². The third kappa shape index (κ3) is 4.17. The summed E-state index contributed by atoms with van der Waals surface area (Å²) in [4.78, 5) is 23.7. The fourth-order valence-corrected chi connectivity index (χ4v) is 2.76. The van der Waals surface area contributed by atoms with Crippen LogP contribution < -0.4 is 5.32 Å². The lowest BCUT2D eigenvalue weighted by Crippen LogP contribution is -2.26. The van der Waals surface area contributed by atoms with E-state index in [4.69, 9.17) is 4.42 Å². The number of aromatic nitrogens is 1. The smallest absolute Gasteiger partial charge is 0.283 e. The van der Waals surface area contributed by atoms with Crippen LogP contribution in [0.4, 0.5) is 5.69 Å². The third-order valence-corrected chi connectivity index (χ3v) is 3.99. The minimum absolute atomic E-state index is 0.00443. The zero-order chi connectivity index (χ0) is 20.1. The first-order valence-corrected chi connectivity index (χ1v) is 8.73. The van der Waals surface area contributed by atoms with E-state index in [1.54, 1.807) is 22.8 Å². The number of nitrogens with one attached hydrogen (secondary N) is 1. The molecule has 28 heavy (non-hydrogen) atoms. The summed E-state index contributed by atoms with van der Waals surface area (Å²) in [6, 6.07) is 10.7. The van der Waals surface area contributed by atoms with Gasteiger partial charge in [-0.15, -0.1) is 10.2 Å². The van der Waals surface area contributed by atoms with Crippen LogP contribution in [0.5, 0.6) is 5.88 Å². The van der Waals surface area contributed by atoms with E-state index in [9.17, 15) is 14.7 Å². The highest BCUT2D eigenvalue weighted by Gasteiger charge is 2.18. The van der Waals surface area contributed by atoms with E-state index in [0.717, 1.165) is 5.52 Å². The molecular weight excluding hydrogens is 360 g/mol. The Hall–Kier alpha value is -3.68. The molecule has 3 rings (SSSR count). The van der Waals surface area contributed by atoms with E-state index in [1.807, 2.05) is 32.0 Å². The Labute approximate surface area is 161 Å². The van der Waals surface area contributed by atoms with E-state index in [2.05, 4.69) is 15.5 Å². The molecule has 0 fully saturated rings. The van der Waals surface area contributed by atoms with Gasteiger partial charge >= 0.3 is 0 Å². The van der Waals surface area contributed by atoms with Crippen molar-refractivity contribution < 1.29 is 19.1 Å². The van der Waals surface area contributed by atoms with E-state index < -0.39 is 11.8 Å². The summed E-state index contributed by atoms with van der Waals surface area (Å²) < 4.78 is 6.79. The molecule has 0 atom stereocenters. The van der Waals surface area contributed by atoms with Gasteiger partial charge < -0.3 is 19.4 Å². The van der Waals surface area contributed by atoms with Gasteiger partial charge in [0, 0.05) is 17.5 Å². The van der Waals surface area contributed by atoms with Gasteiger partial charge in [-0.2, -0.15) is 0 Å². The van der Waals surface area contributed by atoms with Crippen LogP contribution in [0, 0.1) is 0 Å². The molecule has 8 nitrogen and oxygen atoms in total. The van der Waals surface area contributed by atoms with Crippen LogP contribution in [-0.2, 0) is 9.59 Å². The molecule has 3 aromatic rings. The number of furan rings is 1. The van der Waals surface area contributed by atoms with Crippen LogP contribution in [0.1, 0.15) is 25.6 Å². The quantitative estimate of drug-likeness (QED) is 0.498. The molecule has 144 valence electrons. The van der Waals surface area contributed by atoms with E-state index >= 15 is 0 Å². The Bertz CT molecular complexity index is 1050. The van der Waals surface area contributed by atoms with Gasteiger partial charge in [0.25, 0.3) is 5.91 Å². The second kappa shape index (κ2) is 8.34. The molecule has 2 aromatic heterocycles. The highest BCUT2D eigenvalue weighted by Crippen LogP contribution is 2.40. The number of azo groups is 1. The zero-order valence-electron chi connectivity index (χ0n) is 15.5. The van der Waals surface area contributed by atoms with E-state index in [0.29, 0.717) is 11.1 Å². The number of carbonyl (C=O) groups is 2. The van der Waals surface area contributed by atoms with Crippen molar-refractivity contribution in [2.75, 3.05) is 6.54 Å². The Kier molecular flexibility index (Phi) is 5.69. The number of nitrogens with zero attached hydrogens (tertiary/aromatic N) is 3. The van der Waals surface area contributed by atoms with Crippen LogP contribution >= 0.6 is 0 Å². The number of amides is 2. The minimum Gasteiger partial charge on any atom is -0.493 e. The van der Waals surface area contributed by atoms with Crippen molar-refractivity contribution in [1.29, 1.82) is 0 Å². The minimum atomic E-state index is -0.638. The summed E-state index contributed by atoms with van der Waals surface area (Å²) in [5.41, 5.74) is 1.02. The maximum Gasteiger partial charge on any atom is 0.283 e. The second-order valence-corrected chi connectivity index (χ2v) is 6.31. The molecule has 1 aromatic carbocycles. The molecule has 0 bridgehead atoms. The average molecular weight is 380 g/mol. The summed E-state index contributed by atoms with van der Waals surface area (Å²) in [7, 11) is 0. The molecule has 2 heterocycles. The van der Waals surface area contributed by atoms with Crippen molar-refractivity contribution in [3.8, 4) is 5.88 Å². The second-order valence-electron chi connectivity index (χ2n) is 6.31. The van der Waals surface area contributed by atoms with Gasteiger partial charge in [-0.25, -0.2) is 0 Å². The van der Waals surface area contributed by atoms with Gasteiger partial charge in [-0.3, -0.25) is 9.59 Å². The van der Waals surface area contributed by atoms with E-state index in [-0.39, 0.29) is 24.2 Å². The summed E-state index contributed by atoms with van der Waals surface area (Å²) in [5.74, 6) is -0.629. The molecule has 2 amide bonds. The Morgan fingerprint density at radius 2 is 2.04 bits per heavy atom. The molecule has 0 aliphatic heterocycles. The summed E-state index contributed by atoms with van der Waals surface area (Å²) in [5, 5.41) is 21.1. The molecule has 8 heteroatoms. The third-order valence-electron chi connectivity index (χ3n) is 3.99. The monoisotopic (exact) mass is 380 g/mol. The number of hydrogen-bond acceptors (Lipinski definition) is 5. The molecule has 0 aliphatic rings. The Morgan fingerprint density at radius 3 is 2.75 bits per heavy atom. The fourth-order valence-electron chi connectivity index (χ4n) is 2.76.